The van der Waals surface area contributed by atoms with E-state index in [0.717, 1.165) is 36.9 Å². The van der Waals surface area contributed by atoms with Gasteiger partial charge in [0.2, 0.25) is 0 Å². The average molecular weight is 400 g/mol. The highest BCUT2D eigenvalue weighted by Crippen LogP contribution is 2.31. The Morgan fingerprint density at radius 2 is 1.96 bits per heavy atom. The lowest BCUT2D eigenvalue weighted by atomic mass is 9.97. The summed E-state index contributed by atoms with van der Waals surface area (Å²) in [5.41, 5.74) is 7.74. The van der Waals surface area contributed by atoms with Gasteiger partial charge in [-0.3, -0.25) is 9.89 Å². The van der Waals surface area contributed by atoms with Gasteiger partial charge < -0.3 is 11.1 Å². The fraction of sp³-hybridized carbons (Fsp3) is 0.375. The van der Waals surface area contributed by atoms with Crippen LogP contribution in [-0.4, -0.2) is 28.2 Å². The molecular formula is C16H20BrClN4O. The van der Waals surface area contributed by atoms with Gasteiger partial charge in [-0.1, -0.05) is 43.2 Å². The van der Waals surface area contributed by atoms with Crippen molar-refractivity contribution in [2.45, 2.75) is 31.2 Å². The molecule has 1 saturated carbocycles. The quantitative estimate of drug-likeness (QED) is 0.738. The van der Waals surface area contributed by atoms with Crippen LogP contribution in [0.2, 0.25) is 0 Å². The molecule has 0 unspecified atom stereocenters. The first-order valence-corrected chi connectivity index (χ1v) is 8.26. The SMILES string of the molecule is Cl.NCC1(NC(=O)c2[nH]nc(-c3ccccc3)c2Br)CCCC1. The highest BCUT2D eigenvalue weighted by molar-refractivity contribution is 9.10. The third kappa shape index (κ3) is 3.59. The summed E-state index contributed by atoms with van der Waals surface area (Å²) in [5.74, 6) is -0.158. The summed E-state index contributed by atoms with van der Waals surface area (Å²) in [6.45, 7) is 0.468. The molecular weight excluding hydrogens is 380 g/mol. The van der Waals surface area contributed by atoms with Crippen LogP contribution in [-0.2, 0) is 0 Å². The Labute approximate surface area is 150 Å². The number of halogens is 2. The molecule has 1 heterocycles. The predicted octanol–water partition coefficient (Wildman–Crippen LogP) is 3.26. The molecule has 1 aromatic heterocycles. The van der Waals surface area contributed by atoms with Crippen molar-refractivity contribution in [1.82, 2.24) is 15.5 Å². The molecule has 2 aromatic rings. The van der Waals surface area contributed by atoms with Gasteiger partial charge in [-0.15, -0.1) is 12.4 Å². The van der Waals surface area contributed by atoms with Crippen molar-refractivity contribution in [1.29, 1.82) is 0 Å². The van der Waals surface area contributed by atoms with Crippen LogP contribution < -0.4 is 11.1 Å². The van der Waals surface area contributed by atoms with Crippen molar-refractivity contribution in [3.63, 3.8) is 0 Å². The second-order valence-corrected chi connectivity index (χ2v) is 6.57. The molecule has 0 bridgehead atoms. The molecule has 4 N–H and O–H groups in total. The maximum atomic E-state index is 12.6. The molecule has 1 aromatic carbocycles. The number of nitrogens with one attached hydrogen (secondary N) is 2. The summed E-state index contributed by atoms with van der Waals surface area (Å²) in [6, 6.07) is 9.75. The molecule has 1 fully saturated rings. The number of aromatic amines is 1. The Morgan fingerprint density at radius 3 is 2.57 bits per heavy atom. The van der Waals surface area contributed by atoms with Gasteiger partial charge in [0.05, 0.1) is 10.0 Å². The summed E-state index contributed by atoms with van der Waals surface area (Å²) in [7, 11) is 0. The number of hydrogen-bond acceptors (Lipinski definition) is 3. The van der Waals surface area contributed by atoms with E-state index in [0.29, 0.717) is 16.7 Å². The van der Waals surface area contributed by atoms with E-state index in [9.17, 15) is 4.79 Å². The molecule has 0 spiro atoms. The standard InChI is InChI=1S/C16H19BrN4O.ClH/c17-12-13(11-6-2-1-3-7-11)20-21-14(12)15(22)19-16(10-18)8-4-5-9-16;/h1-3,6-7H,4-5,8-10,18H2,(H,19,22)(H,20,21);1H. The van der Waals surface area contributed by atoms with Gasteiger partial charge in [-0.05, 0) is 28.8 Å². The van der Waals surface area contributed by atoms with Crippen molar-refractivity contribution in [2.24, 2.45) is 5.73 Å². The maximum Gasteiger partial charge on any atom is 0.270 e. The zero-order valence-electron chi connectivity index (χ0n) is 12.6. The minimum absolute atomic E-state index is 0. The van der Waals surface area contributed by atoms with Crippen molar-refractivity contribution in [3.05, 3.63) is 40.5 Å². The Kier molecular flexibility index (Phi) is 5.84. The molecule has 0 saturated heterocycles. The molecule has 23 heavy (non-hydrogen) atoms. The van der Waals surface area contributed by atoms with Crippen LogP contribution in [0.5, 0.6) is 0 Å². The molecule has 0 radical (unpaired) electrons. The van der Waals surface area contributed by atoms with Crippen molar-refractivity contribution in [3.8, 4) is 11.3 Å². The van der Waals surface area contributed by atoms with E-state index in [4.69, 9.17) is 5.73 Å². The number of benzene rings is 1. The van der Waals surface area contributed by atoms with E-state index in [-0.39, 0.29) is 23.9 Å². The summed E-state index contributed by atoms with van der Waals surface area (Å²) < 4.78 is 0.682. The van der Waals surface area contributed by atoms with Gasteiger partial charge in [0.25, 0.3) is 5.91 Å². The average Bonchev–Trinajstić information content (AvgIpc) is 3.15. The van der Waals surface area contributed by atoms with E-state index in [1.807, 2.05) is 30.3 Å². The number of nitrogens with zero attached hydrogens (tertiary/aromatic N) is 1. The van der Waals surface area contributed by atoms with Gasteiger partial charge in [-0.25, -0.2) is 0 Å². The largest absolute Gasteiger partial charge is 0.344 e. The Bertz CT molecular complexity index is 668. The van der Waals surface area contributed by atoms with Gasteiger partial charge in [0.15, 0.2) is 0 Å². The van der Waals surface area contributed by atoms with Crippen LogP contribution >= 0.6 is 28.3 Å². The lowest BCUT2D eigenvalue weighted by Gasteiger charge is -2.28. The van der Waals surface area contributed by atoms with Gasteiger partial charge in [0.1, 0.15) is 11.4 Å². The number of amides is 1. The molecule has 0 atom stereocenters. The van der Waals surface area contributed by atoms with Crippen LogP contribution in [0, 0.1) is 0 Å². The van der Waals surface area contributed by atoms with Crippen molar-refractivity contribution >= 4 is 34.2 Å². The molecule has 124 valence electrons. The van der Waals surface area contributed by atoms with E-state index < -0.39 is 0 Å². The zero-order valence-corrected chi connectivity index (χ0v) is 15.0. The van der Waals surface area contributed by atoms with Crippen LogP contribution in [0.4, 0.5) is 0 Å². The zero-order chi connectivity index (χ0) is 15.6. The minimum Gasteiger partial charge on any atom is -0.344 e. The first kappa shape index (κ1) is 18.0. The lowest BCUT2D eigenvalue weighted by molar-refractivity contribution is 0.0897. The van der Waals surface area contributed by atoms with Gasteiger partial charge in [0, 0.05) is 12.1 Å². The summed E-state index contributed by atoms with van der Waals surface area (Å²) in [4.78, 5) is 12.6. The Hall–Kier alpha value is -1.37. The van der Waals surface area contributed by atoms with Crippen LogP contribution in [0.25, 0.3) is 11.3 Å². The van der Waals surface area contributed by atoms with Crippen molar-refractivity contribution < 1.29 is 4.79 Å². The molecule has 1 amide bonds. The fourth-order valence-corrected chi connectivity index (χ4v) is 3.59. The van der Waals surface area contributed by atoms with Crippen LogP contribution in [0.15, 0.2) is 34.8 Å². The number of carbonyl (C=O) groups excluding carboxylic acids is 1. The van der Waals surface area contributed by atoms with Gasteiger partial charge >= 0.3 is 0 Å². The second kappa shape index (κ2) is 7.47. The lowest BCUT2D eigenvalue weighted by Crippen LogP contribution is -2.51. The third-order valence-electron chi connectivity index (χ3n) is 4.31. The Morgan fingerprint density at radius 1 is 1.30 bits per heavy atom. The number of hydrogen-bond donors (Lipinski definition) is 3. The number of aromatic nitrogens is 2. The third-order valence-corrected chi connectivity index (χ3v) is 5.08. The number of carbonyl (C=O) groups is 1. The van der Waals surface area contributed by atoms with E-state index >= 15 is 0 Å². The first-order chi connectivity index (χ1) is 10.7. The predicted molar refractivity (Wildman–Crippen MR) is 96.7 cm³/mol. The number of H-pyrrole nitrogens is 1. The topological polar surface area (TPSA) is 83.8 Å². The van der Waals surface area contributed by atoms with Crippen molar-refractivity contribution in [2.75, 3.05) is 6.54 Å². The Balaban J connectivity index is 0.00000192. The molecule has 0 aliphatic heterocycles. The highest BCUT2D eigenvalue weighted by Gasteiger charge is 2.35. The van der Waals surface area contributed by atoms with Gasteiger partial charge in [-0.2, -0.15) is 5.10 Å². The number of rotatable bonds is 4. The summed E-state index contributed by atoms with van der Waals surface area (Å²) in [6.07, 6.45) is 4.09. The van der Waals surface area contributed by atoms with E-state index in [1.165, 1.54) is 0 Å². The molecule has 1 aliphatic carbocycles. The molecule has 5 nitrogen and oxygen atoms in total. The minimum atomic E-state index is -0.269. The smallest absolute Gasteiger partial charge is 0.270 e. The van der Waals surface area contributed by atoms with E-state index in [1.54, 1.807) is 0 Å². The maximum absolute atomic E-state index is 12.6. The summed E-state index contributed by atoms with van der Waals surface area (Å²) in [5, 5.41) is 10.2. The fourth-order valence-electron chi connectivity index (χ4n) is 3.00. The highest BCUT2D eigenvalue weighted by atomic mass is 79.9. The monoisotopic (exact) mass is 398 g/mol. The van der Waals surface area contributed by atoms with E-state index in [2.05, 4.69) is 31.4 Å². The second-order valence-electron chi connectivity index (χ2n) is 5.77. The molecule has 3 rings (SSSR count). The van der Waals surface area contributed by atoms with Crippen LogP contribution in [0.3, 0.4) is 0 Å². The van der Waals surface area contributed by atoms with Crippen LogP contribution in [0.1, 0.15) is 36.2 Å². The molecule has 1 aliphatic rings. The summed E-state index contributed by atoms with van der Waals surface area (Å²) >= 11 is 3.49. The normalized spacial score (nSPS) is 15.9. The molecule has 7 heteroatoms. The number of nitrogens with two attached hydrogens (primary N) is 1. The first-order valence-electron chi connectivity index (χ1n) is 7.47.